The summed E-state index contributed by atoms with van der Waals surface area (Å²) in [6.07, 6.45) is 1.90. The lowest BCUT2D eigenvalue weighted by molar-refractivity contribution is 0.0943. The molecule has 1 aromatic rings. The van der Waals surface area contributed by atoms with Crippen molar-refractivity contribution >= 4 is 39.1 Å². The fourth-order valence-corrected chi connectivity index (χ4v) is 3.37. The number of nitrogens with one attached hydrogen (secondary N) is 1. The summed E-state index contributed by atoms with van der Waals surface area (Å²) < 4.78 is 23.0. The highest BCUT2D eigenvalue weighted by Crippen LogP contribution is 2.23. The molecule has 1 amide bonds. The van der Waals surface area contributed by atoms with Crippen LogP contribution in [-0.2, 0) is 9.84 Å². The number of sulfone groups is 1. The predicted octanol–water partition coefficient (Wildman–Crippen LogP) is 2.61. The molecule has 0 spiro atoms. The normalized spacial score (nSPS) is 13.0. The molecule has 0 aliphatic rings. The standard InChI is InChI=1S/C13H18ClNO3S2/c1-4-20(17,18)8-9(2)15-13(16)11-7-10(19-3)5-6-12(11)14/h5-7,9H,4,8H2,1-3H3,(H,15,16). The summed E-state index contributed by atoms with van der Waals surface area (Å²) in [7, 11) is -3.12. The molecular weight excluding hydrogens is 318 g/mol. The Bertz CT molecular complexity index is 587. The summed E-state index contributed by atoms with van der Waals surface area (Å²) in [4.78, 5) is 13.0. The molecular formula is C13H18ClNO3S2. The topological polar surface area (TPSA) is 63.2 Å². The van der Waals surface area contributed by atoms with Gasteiger partial charge in [-0.3, -0.25) is 4.79 Å². The largest absolute Gasteiger partial charge is 0.349 e. The van der Waals surface area contributed by atoms with E-state index in [1.807, 2.05) is 12.3 Å². The molecule has 4 nitrogen and oxygen atoms in total. The van der Waals surface area contributed by atoms with Crippen LogP contribution in [0.25, 0.3) is 0 Å². The Morgan fingerprint density at radius 1 is 1.45 bits per heavy atom. The summed E-state index contributed by atoms with van der Waals surface area (Å²) in [5.74, 6) is -0.366. The Balaban J connectivity index is 2.81. The first kappa shape index (κ1) is 17.3. The molecule has 1 N–H and O–H groups in total. The first-order valence-corrected chi connectivity index (χ1v) is 9.56. The SMILES string of the molecule is CCS(=O)(=O)CC(C)NC(=O)c1cc(SC)ccc1Cl. The maximum absolute atomic E-state index is 12.1. The summed E-state index contributed by atoms with van der Waals surface area (Å²) in [5.41, 5.74) is 0.360. The van der Waals surface area contributed by atoms with Gasteiger partial charge in [0.1, 0.15) is 0 Å². The zero-order valence-corrected chi connectivity index (χ0v) is 14.0. The third-order valence-electron chi connectivity index (χ3n) is 2.74. The van der Waals surface area contributed by atoms with Crippen LogP contribution in [0.4, 0.5) is 0 Å². The van der Waals surface area contributed by atoms with Gasteiger partial charge in [-0.2, -0.15) is 0 Å². The van der Waals surface area contributed by atoms with Crippen molar-refractivity contribution in [2.45, 2.75) is 24.8 Å². The second-order valence-electron chi connectivity index (χ2n) is 4.42. The van der Waals surface area contributed by atoms with Gasteiger partial charge in [0.05, 0.1) is 16.3 Å². The average molecular weight is 336 g/mol. The van der Waals surface area contributed by atoms with E-state index >= 15 is 0 Å². The molecule has 0 bridgehead atoms. The van der Waals surface area contributed by atoms with E-state index in [1.165, 1.54) is 11.8 Å². The highest BCUT2D eigenvalue weighted by molar-refractivity contribution is 7.98. The number of thioether (sulfide) groups is 1. The lowest BCUT2D eigenvalue weighted by Gasteiger charge is -2.14. The van der Waals surface area contributed by atoms with Crippen LogP contribution in [0.1, 0.15) is 24.2 Å². The van der Waals surface area contributed by atoms with Gasteiger partial charge in [-0.05, 0) is 31.4 Å². The molecule has 112 valence electrons. The van der Waals surface area contributed by atoms with Crippen molar-refractivity contribution in [3.05, 3.63) is 28.8 Å². The monoisotopic (exact) mass is 335 g/mol. The van der Waals surface area contributed by atoms with E-state index in [9.17, 15) is 13.2 Å². The van der Waals surface area contributed by atoms with E-state index in [0.717, 1.165) is 4.90 Å². The second kappa shape index (κ2) is 7.33. The molecule has 0 saturated carbocycles. The molecule has 0 fully saturated rings. The summed E-state index contributed by atoms with van der Waals surface area (Å²) in [6.45, 7) is 3.25. The fourth-order valence-electron chi connectivity index (χ4n) is 1.65. The molecule has 1 rings (SSSR count). The Labute approximate surface area is 129 Å². The number of carbonyl (C=O) groups is 1. The second-order valence-corrected chi connectivity index (χ2v) is 8.10. The predicted molar refractivity (Wildman–Crippen MR) is 84.5 cm³/mol. The van der Waals surface area contributed by atoms with Crippen molar-refractivity contribution in [3.8, 4) is 0 Å². The minimum absolute atomic E-state index is 0.0654. The number of benzene rings is 1. The van der Waals surface area contributed by atoms with Crippen LogP contribution in [-0.4, -0.2) is 38.1 Å². The molecule has 0 saturated heterocycles. The first-order valence-electron chi connectivity index (χ1n) is 6.14. The van der Waals surface area contributed by atoms with Gasteiger partial charge in [-0.25, -0.2) is 8.42 Å². The Hall–Kier alpha value is -0.720. The highest BCUT2D eigenvalue weighted by Gasteiger charge is 2.18. The van der Waals surface area contributed by atoms with E-state index in [-0.39, 0.29) is 17.4 Å². The molecule has 7 heteroatoms. The van der Waals surface area contributed by atoms with Crippen molar-refractivity contribution in [1.29, 1.82) is 0 Å². The first-order chi connectivity index (χ1) is 9.29. The molecule has 0 aliphatic carbocycles. The third kappa shape index (κ3) is 5.00. The highest BCUT2D eigenvalue weighted by atomic mass is 35.5. The zero-order valence-electron chi connectivity index (χ0n) is 11.6. The summed E-state index contributed by atoms with van der Waals surface area (Å²) in [6, 6.07) is 4.73. The molecule has 1 atom stereocenters. The van der Waals surface area contributed by atoms with E-state index in [0.29, 0.717) is 10.6 Å². The van der Waals surface area contributed by atoms with Crippen molar-refractivity contribution < 1.29 is 13.2 Å². The van der Waals surface area contributed by atoms with Gasteiger partial charge in [0.25, 0.3) is 5.91 Å². The van der Waals surface area contributed by atoms with E-state index in [2.05, 4.69) is 5.32 Å². The molecule has 0 heterocycles. The molecule has 1 unspecified atom stereocenters. The minimum atomic E-state index is -3.12. The fraction of sp³-hybridized carbons (Fsp3) is 0.462. The van der Waals surface area contributed by atoms with Crippen LogP contribution < -0.4 is 5.32 Å². The van der Waals surface area contributed by atoms with Gasteiger partial charge < -0.3 is 5.32 Å². The number of halogens is 1. The summed E-state index contributed by atoms with van der Waals surface area (Å²) in [5, 5.41) is 3.02. The van der Waals surface area contributed by atoms with Crippen molar-refractivity contribution in [2.24, 2.45) is 0 Å². The van der Waals surface area contributed by atoms with Gasteiger partial charge >= 0.3 is 0 Å². The lowest BCUT2D eigenvalue weighted by Crippen LogP contribution is -2.38. The van der Waals surface area contributed by atoms with Crippen LogP contribution in [0.5, 0.6) is 0 Å². The maximum atomic E-state index is 12.1. The van der Waals surface area contributed by atoms with Crippen LogP contribution in [0.2, 0.25) is 5.02 Å². The number of rotatable bonds is 6. The minimum Gasteiger partial charge on any atom is -0.349 e. The molecule has 1 aromatic carbocycles. The van der Waals surface area contributed by atoms with Gasteiger partial charge in [0.2, 0.25) is 0 Å². The van der Waals surface area contributed by atoms with Gasteiger partial charge in [0.15, 0.2) is 9.84 Å². The van der Waals surface area contributed by atoms with E-state index in [1.54, 1.807) is 26.0 Å². The Morgan fingerprint density at radius 3 is 2.65 bits per heavy atom. The van der Waals surface area contributed by atoms with E-state index < -0.39 is 15.9 Å². The quantitative estimate of drug-likeness (QED) is 0.812. The van der Waals surface area contributed by atoms with E-state index in [4.69, 9.17) is 11.6 Å². The van der Waals surface area contributed by atoms with Crippen molar-refractivity contribution in [1.82, 2.24) is 5.32 Å². The number of hydrogen-bond donors (Lipinski definition) is 1. The van der Waals surface area contributed by atoms with Crippen LogP contribution in [0.15, 0.2) is 23.1 Å². The number of carbonyl (C=O) groups excluding carboxylic acids is 1. The van der Waals surface area contributed by atoms with Gasteiger partial charge in [0, 0.05) is 16.7 Å². The van der Waals surface area contributed by atoms with Gasteiger partial charge in [-0.1, -0.05) is 18.5 Å². The van der Waals surface area contributed by atoms with Crippen LogP contribution in [0, 0.1) is 0 Å². The Kier molecular flexibility index (Phi) is 6.36. The number of amides is 1. The third-order valence-corrected chi connectivity index (χ3v) is 5.68. The average Bonchev–Trinajstić information content (AvgIpc) is 2.38. The molecule has 0 radical (unpaired) electrons. The van der Waals surface area contributed by atoms with Crippen LogP contribution >= 0.6 is 23.4 Å². The van der Waals surface area contributed by atoms with Crippen LogP contribution in [0.3, 0.4) is 0 Å². The van der Waals surface area contributed by atoms with Gasteiger partial charge in [-0.15, -0.1) is 11.8 Å². The maximum Gasteiger partial charge on any atom is 0.253 e. The molecule has 20 heavy (non-hydrogen) atoms. The number of hydrogen-bond acceptors (Lipinski definition) is 4. The smallest absolute Gasteiger partial charge is 0.253 e. The molecule has 0 aliphatic heterocycles. The molecule has 0 aromatic heterocycles. The zero-order chi connectivity index (χ0) is 15.3. The Morgan fingerprint density at radius 2 is 2.10 bits per heavy atom. The van der Waals surface area contributed by atoms with Crippen molar-refractivity contribution in [3.63, 3.8) is 0 Å². The lowest BCUT2D eigenvalue weighted by atomic mass is 10.2. The van der Waals surface area contributed by atoms with Crippen molar-refractivity contribution in [2.75, 3.05) is 17.8 Å². The summed E-state index contributed by atoms with van der Waals surface area (Å²) >= 11 is 7.51.